The van der Waals surface area contributed by atoms with E-state index in [1.807, 2.05) is 19.9 Å². The molecule has 5 unspecified atom stereocenters. The van der Waals surface area contributed by atoms with Crippen LogP contribution >= 0.6 is 0 Å². The summed E-state index contributed by atoms with van der Waals surface area (Å²) in [6, 6.07) is 4.69. The van der Waals surface area contributed by atoms with E-state index in [0.717, 1.165) is 19.3 Å². The number of hydrogen-bond acceptors (Lipinski definition) is 2. The third-order valence-electron chi connectivity index (χ3n) is 4.02. The normalized spacial score (nSPS) is 33.1. The van der Waals surface area contributed by atoms with Crippen molar-refractivity contribution >= 4 is 0 Å². The Morgan fingerprint density at radius 2 is 1.69 bits per heavy atom. The van der Waals surface area contributed by atoms with Crippen LogP contribution in [-0.2, 0) is 0 Å². The molecule has 0 spiro atoms. The molecule has 0 aliphatic heterocycles. The van der Waals surface area contributed by atoms with E-state index in [1.165, 1.54) is 0 Å². The molecule has 0 aromatic rings. The summed E-state index contributed by atoms with van der Waals surface area (Å²) in [7, 11) is 0. The highest BCUT2D eigenvalue weighted by Crippen LogP contribution is 2.41. The zero-order chi connectivity index (χ0) is 12.1. The molecule has 1 saturated carbocycles. The molecule has 5 atom stereocenters. The van der Waals surface area contributed by atoms with E-state index in [-0.39, 0.29) is 11.8 Å². The predicted molar refractivity (Wildman–Crippen MR) is 64.1 cm³/mol. The maximum absolute atomic E-state index is 9.06. The van der Waals surface area contributed by atoms with Crippen LogP contribution in [0.15, 0.2) is 12.7 Å². The second kappa shape index (κ2) is 5.71. The van der Waals surface area contributed by atoms with E-state index >= 15 is 0 Å². The molecule has 0 heterocycles. The van der Waals surface area contributed by atoms with E-state index in [1.54, 1.807) is 0 Å². The summed E-state index contributed by atoms with van der Waals surface area (Å²) < 4.78 is 0. The Kier molecular flexibility index (Phi) is 4.56. The highest BCUT2D eigenvalue weighted by molar-refractivity contribution is 4.99. The van der Waals surface area contributed by atoms with Crippen LogP contribution < -0.4 is 0 Å². The average molecular weight is 216 g/mol. The molecule has 1 aliphatic carbocycles. The summed E-state index contributed by atoms with van der Waals surface area (Å²) >= 11 is 0. The SMILES string of the molecule is C=CC1CCC(C(C)C#N)C(C(C)C#N)C1. The van der Waals surface area contributed by atoms with Gasteiger partial charge in [-0.2, -0.15) is 10.5 Å². The number of nitrogens with zero attached hydrogens (tertiary/aromatic N) is 2. The molecular formula is C14H20N2. The molecular weight excluding hydrogens is 196 g/mol. The monoisotopic (exact) mass is 216 g/mol. The Labute approximate surface area is 98.6 Å². The predicted octanol–water partition coefficient (Wildman–Crippen LogP) is 3.52. The lowest BCUT2D eigenvalue weighted by Gasteiger charge is -2.37. The van der Waals surface area contributed by atoms with Crippen LogP contribution in [0.5, 0.6) is 0 Å². The summed E-state index contributed by atoms with van der Waals surface area (Å²) in [6.45, 7) is 7.81. The molecule has 2 heteroatoms. The molecule has 1 fully saturated rings. The Bertz CT molecular complexity index is 321. The van der Waals surface area contributed by atoms with Crippen LogP contribution in [0.25, 0.3) is 0 Å². The molecule has 16 heavy (non-hydrogen) atoms. The summed E-state index contributed by atoms with van der Waals surface area (Å²) in [5, 5.41) is 18.1. The van der Waals surface area contributed by atoms with Crippen LogP contribution in [0.1, 0.15) is 33.1 Å². The van der Waals surface area contributed by atoms with Crippen molar-refractivity contribution in [3.8, 4) is 12.1 Å². The minimum atomic E-state index is 0.0450. The molecule has 1 rings (SSSR count). The maximum atomic E-state index is 9.06. The Morgan fingerprint density at radius 1 is 1.12 bits per heavy atom. The molecule has 0 aromatic heterocycles. The minimum Gasteiger partial charge on any atom is -0.198 e. The smallest absolute Gasteiger partial charge is 0.0655 e. The van der Waals surface area contributed by atoms with Gasteiger partial charge in [-0.1, -0.05) is 6.08 Å². The van der Waals surface area contributed by atoms with Gasteiger partial charge in [0, 0.05) is 11.8 Å². The summed E-state index contributed by atoms with van der Waals surface area (Å²) in [4.78, 5) is 0. The van der Waals surface area contributed by atoms with Crippen molar-refractivity contribution < 1.29 is 0 Å². The Balaban J connectivity index is 2.81. The fourth-order valence-corrected chi connectivity index (χ4v) is 2.86. The van der Waals surface area contributed by atoms with Crippen molar-refractivity contribution in [1.82, 2.24) is 0 Å². The van der Waals surface area contributed by atoms with Crippen molar-refractivity contribution in [2.45, 2.75) is 33.1 Å². The standard InChI is InChI=1S/C14H20N2/c1-4-12-5-6-13(10(2)8-15)14(7-12)11(3)9-16/h4,10-14H,1,5-7H2,2-3H3. The van der Waals surface area contributed by atoms with Gasteiger partial charge in [0.05, 0.1) is 12.1 Å². The van der Waals surface area contributed by atoms with Crippen molar-refractivity contribution in [3.05, 3.63) is 12.7 Å². The first-order valence-corrected chi connectivity index (χ1v) is 6.05. The summed E-state index contributed by atoms with van der Waals surface area (Å²) in [6.07, 6.45) is 5.20. The average Bonchev–Trinajstić information content (AvgIpc) is 2.36. The van der Waals surface area contributed by atoms with Crippen molar-refractivity contribution in [2.75, 3.05) is 0 Å². The van der Waals surface area contributed by atoms with Gasteiger partial charge in [0.2, 0.25) is 0 Å². The van der Waals surface area contributed by atoms with E-state index < -0.39 is 0 Å². The minimum absolute atomic E-state index is 0.0450. The maximum Gasteiger partial charge on any atom is 0.0655 e. The van der Waals surface area contributed by atoms with E-state index in [9.17, 15) is 0 Å². The largest absolute Gasteiger partial charge is 0.198 e. The van der Waals surface area contributed by atoms with Gasteiger partial charge in [-0.05, 0) is 50.9 Å². The first-order valence-electron chi connectivity index (χ1n) is 6.05. The highest BCUT2D eigenvalue weighted by Gasteiger charge is 2.35. The molecule has 86 valence electrons. The molecule has 0 aromatic carbocycles. The lowest BCUT2D eigenvalue weighted by Crippen LogP contribution is -2.32. The molecule has 0 radical (unpaired) electrons. The van der Waals surface area contributed by atoms with Gasteiger partial charge in [-0.25, -0.2) is 0 Å². The molecule has 0 amide bonds. The van der Waals surface area contributed by atoms with Crippen LogP contribution in [0, 0.1) is 52.3 Å². The lowest BCUT2D eigenvalue weighted by molar-refractivity contribution is 0.140. The third kappa shape index (κ3) is 2.64. The molecule has 0 saturated heterocycles. The fourth-order valence-electron chi connectivity index (χ4n) is 2.86. The highest BCUT2D eigenvalue weighted by atomic mass is 14.4. The quantitative estimate of drug-likeness (QED) is 0.677. The number of allylic oxidation sites excluding steroid dienone is 1. The van der Waals surface area contributed by atoms with Crippen LogP contribution in [0.4, 0.5) is 0 Å². The second-order valence-corrected chi connectivity index (χ2v) is 4.97. The Morgan fingerprint density at radius 3 is 2.19 bits per heavy atom. The van der Waals surface area contributed by atoms with E-state index in [2.05, 4.69) is 18.7 Å². The number of rotatable bonds is 3. The Hall–Kier alpha value is -1.28. The lowest BCUT2D eigenvalue weighted by atomic mass is 9.65. The summed E-state index contributed by atoms with van der Waals surface area (Å²) in [5.41, 5.74) is 0. The van der Waals surface area contributed by atoms with Gasteiger partial charge in [-0.15, -0.1) is 6.58 Å². The van der Waals surface area contributed by atoms with Gasteiger partial charge >= 0.3 is 0 Å². The van der Waals surface area contributed by atoms with Crippen LogP contribution in [-0.4, -0.2) is 0 Å². The van der Waals surface area contributed by atoms with Gasteiger partial charge in [-0.3, -0.25) is 0 Å². The van der Waals surface area contributed by atoms with Crippen LogP contribution in [0.3, 0.4) is 0 Å². The molecule has 1 aliphatic rings. The summed E-state index contributed by atoms with van der Waals surface area (Å²) in [5.74, 6) is 1.38. The van der Waals surface area contributed by atoms with Crippen molar-refractivity contribution in [2.24, 2.45) is 29.6 Å². The second-order valence-electron chi connectivity index (χ2n) is 4.97. The van der Waals surface area contributed by atoms with Gasteiger partial charge in [0.1, 0.15) is 0 Å². The van der Waals surface area contributed by atoms with Gasteiger partial charge < -0.3 is 0 Å². The zero-order valence-corrected chi connectivity index (χ0v) is 10.2. The zero-order valence-electron chi connectivity index (χ0n) is 10.2. The first-order chi connectivity index (χ1) is 7.63. The third-order valence-corrected chi connectivity index (χ3v) is 4.02. The molecule has 0 N–H and O–H groups in total. The van der Waals surface area contributed by atoms with Crippen molar-refractivity contribution in [1.29, 1.82) is 10.5 Å². The number of nitriles is 2. The van der Waals surface area contributed by atoms with Gasteiger partial charge in [0.25, 0.3) is 0 Å². The van der Waals surface area contributed by atoms with Crippen molar-refractivity contribution in [3.63, 3.8) is 0 Å². The first kappa shape index (κ1) is 12.8. The molecule has 0 bridgehead atoms. The van der Waals surface area contributed by atoms with Gasteiger partial charge in [0.15, 0.2) is 0 Å². The fraction of sp³-hybridized carbons (Fsp3) is 0.714. The van der Waals surface area contributed by atoms with Crippen LogP contribution in [0.2, 0.25) is 0 Å². The van der Waals surface area contributed by atoms with E-state index in [0.29, 0.717) is 17.8 Å². The van der Waals surface area contributed by atoms with E-state index in [4.69, 9.17) is 10.5 Å². The number of hydrogen-bond donors (Lipinski definition) is 0. The molecule has 2 nitrogen and oxygen atoms in total. The topological polar surface area (TPSA) is 47.6 Å².